The number of hydrogen-bond acceptors (Lipinski definition) is 7. The molecule has 0 heterocycles. The molecular weight excluding hydrogens is 431 g/mol. The van der Waals surface area contributed by atoms with Crippen LogP contribution in [0.15, 0.2) is 24.3 Å². The molecule has 0 aliphatic heterocycles. The molecule has 1 rings (SSSR count). The summed E-state index contributed by atoms with van der Waals surface area (Å²) in [6, 6.07) is 5.10. The van der Waals surface area contributed by atoms with Crippen molar-refractivity contribution in [2.24, 2.45) is 5.92 Å². The van der Waals surface area contributed by atoms with E-state index in [4.69, 9.17) is 10.2 Å². The van der Waals surface area contributed by atoms with Crippen LogP contribution in [0.1, 0.15) is 25.3 Å². The molecule has 12 nitrogen and oxygen atoms in total. The van der Waals surface area contributed by atoms with Gasteiger partial charge in [0.05, 0.1) is 22.4 Å². The minimum absolute atomic E-state index is 0.130. The molecule has 0 aliphatic carbocycles. The van der Waals surface area contributed by atoms with Gasteiger partial charge in [-0.15, -0.1) is 0 Å². The SMILES string of the molecule is CC(NS(=O)(=O)Cc1ccccc1[N+](=O)[O-])P(=O)(O)CC(CCC(=O)O)C(=O)O. The van der Waals surface area contributed by atoms with Crippen LogP contribution in [0, 0.1) is 16.0 Å². The van der Waals surface area contributed by atoms with Crippen molar-refractivity contribution in [1.82, 2.24) is 4.72 Å². The van der Waals surface area contributed by atoms with Gasteiger partial charge in [-0.2, -0.15) is 0 Å². The van der Waals surface area contributed by atoms with Gasteiger partial charge in [-0.25, -0.2) is 13.1 Å². The molecule has 0 amide bonds. The van der Waals surface area contributed by atoms with Crippen molar-refractivity contribution >= 4 is 35.0 Å². The van der Waals surface area contributed by atoms with E-state index in [0.29, 0.717) is 0 Å². The van der Waals surface area contributed by atoms with Gasteiger partial charge in [0.15, 0.2) is 0 Å². The zero-order valence-electron chi connectivity index (χ0n) is 15.3. The van der Waals surface area contributed by atoms with E-state index >= 15 is 0 Å². The fourth-order valence-electron chi connectivity index (χ4n) is 2.46. The number of hydrogen-bond donors (Lipinski definition) is 4. The molecule has 4 N–H and O–H groups in total. The minimum Gasteiger partial charge on any atom is -0.481 e. The van der Waals surface area contributed by atoms with E-state index in [-0.39, 0.29) is 5.56 Å². The Kier molecular flexibility index (Phi) is 8.45. The molecule has 0 fully saturated rings. The quantitative estimate of drug-likeness (QED) is 0.203. The number of nitrogens with zero attached hydrogens (tertiary/aromatic N) is 1. The molecule has 0 saturated heterocycles. The molecule has 3 atom stereocenters. The van der Waals surface area contributed by atoms with Gasteiger partial charge >= 0.3 is 11.9 Å². The molecule has 0 saturated carbocycles. The number of sulfonamides is 1. The van der Waals surface area contributed by atoms with Crippen LogP contribution in [0.3, 0.4) is 0 Å². The molecule has 0 aromatic heterocycles. The van der Waals surface area contributed by atoms with Gasteiger partial charge in [0.25, 0.3) is 5.69 Å². The maximum absolute atomic E-state index is 12.5. The van der Waals surface area contributed by atoms with Crippen LogP contribution in [0.2, 0.25) is 0 Å². The summed E-state index contributed by atoms with van der Waals surface area (Å²) in [6.07, 6.45) is -1.76. The third-order valence-electron chi connectivity index (χ3n) is 4.03. The van der Waals surface area contributed by atoms with Crippen LogP contribution < -0.4 is 4.72 Å². The van der Waals surface area contributed by atoms with E-state index in [1.54, 1.807) is 0 Å². The molecule has 0 aliphatic rings. The number of nitrogens with one attached hydrogen (secondary N) is 1. The number of benzene rings is 1. The average Bonchev–Trinajstić information content (AvgIpc) is 2.57. The average molecular weight is 452 g/mol. The number of para-hydroxylation sites is 1. The summed E-state index contributed by atoms with van der Waals surface area (Å²) in [5.74, 6) is -6.61. The first-order valence-corrected chi connectivity index (χ1v) is 11.8. The lowest BCUT2D eigenvalue weighted by Crippen LogP contribution is -2.35. The molecule has 1 aromatic rings. The van der Waals surface area contributed by atoms with Crippen molar-refractivity contribution in [3.8, 4) is 0 Å². The highest BCUT2D eigenvalue weighted by molar-refractivity contribution is 7.89. The Morgan fingerprint density at radius 1 is 1.28 bits per heavy atom. The topological polar surface area (TPSA) is 201 Å². The van der Waals surface area contributed by atoms with Gasteiger partial charge in [-0.1, -0.05) is 18.2 Å². The number of nitro groups is 1. The van der Waals surface area contributed by atoms with Crippen LogP contribution in [-0.2, 0) is 29.9 Å². The van der Waals surface area contributed by atoms with E-state index in [1.807, 2.05) is 4.72 Å². The molecule has 3 unspecified atom stereocenters. The smallest absolute Gasteiger partial charge is 0.307 e. The fraction of sp³-hybridized carbons (Fsp3) is 0.467. The Morgan fingerprint density at radius 3 is 2.38 bits per heavy atom. The first kappa shape index (κ1) is 24.7. The van der Waals surface area contributed by atoms with Gasteiger partial charge in [-0.05, 0) is 13.3 Å². The molecule has 0 bridgehead atoms. The second-order valence-electron chi connectivity index (χ2n) is 6.34. The molecule has 1 aromatic carbocycles. The van der Waals surface area contributed by atoms with Crippen LogP contribution in [0.25, 0.3) is 0 Å². The zero-order valence-corrected chi connectivity index (χ0v) is 17.0. The van der Waals surface area contributed by atoms with E-state index in [9.17, 15) is 37.6 Å². The summed E-state index contributed by atoms with van der Waals surface area (Å²) in [4.78, 5) is 42.2. The van der Waals surface area contributed by atoms with Crippen LogP contribution >= 0.6 is 7.37 Å². The fourth-order valence-corrected chi connectivity index (χ4v) is 6.15. The maximum atomic E-state index is 12.5. The van der Waals surface area contributed by atoms with Gasteiger partial charge in [-0.3, -0.25) is 24.3 Å². The number of carboxylic acids is 2. The lowest BCUT2D eigenvalue weighted by Gasteiger charge is -2.23. The third kappa shape index (κ3) is 7.89. The molecule has 29 heavy (non-hydrogen) atoms. The van der Waals surface area contributed by atoms with Gasteiger partial charge < -0.3 is 15.1 Å². The second-order valence-corrected chi connectivity index (χ2v) is 10.7. The summed E-state index contributed by atoms with van der Waals surface area (Å²) in [5, 5.41) is 28.7. The zero-order chi connectivity index (χ0) is 22.4. The Bertz CT molecular complexity index is 933. The number of rotatable bonds is 12. The van der Waals surface area contributed by atoms with Crippen LogP contribution in [0.4, 0.5) is 5.69 Å². The summed E-state index contributed by atoms with van der Waals surface area (Å²) < 4.78 is 39.0. The lowest BCUT2D eigenvalue weighted by molar-refractivity contribution is -0.385. The Hall–Kier alpha value is -2.34. The van der Waals surface area contributed by atoms with Gasteiger partial charge in [0.1, 0.15) is 0 Å². The number of carboxylic acid groups (broad SMARTS) is 2. The first-order valence-electron chi connectivity index (χ1n) is 8.23. The Morgan fingerprint density at radius 2 is 1.86 bits per heavy atom. The standard InChI is InChI=1S/C15H21N2O10PS/c1-10(28(24,25)8-11(15(20)21)6-7-14(18)19)16-29(26,27)9-12-4-2-3-5-13(12)17(22)23/h2-5,10-11,16H,6-9H2,1H3,(H,18,19)(H,20,21)(H,24,25). The van der Waals surface area contributed by atoms with Crippen LogP contribution in [0.5, 0.6) is 0 Å². The highest BCUT2D eigenvalue weighted by Gasteiger charge is 2.36. The molecule has 0 spiro atoms. The number of carbonyl (C=O) groups is 2. The number of aliphatic carboxylic acids is 2. The second kappa shape index (κ2) is 9.92. The highest BCUT2D eigenvalue weighted by atomic mass is 32.2. The normalized spacial score (nSPS) is 15.8. The highest BCUT2D eigenvalue weighted by Crippen LogP contribution is 2.47. The van der Waals surface area contributed by atoms with Gasteiger partial charge in [0, 0.05) is 24.2 Å². The lowest BCUT2D eigenvalue weighted by atomic mass is 10.1. The third-order valence-corrected chi connectivity index (χ3v) is 7.91. The Labute approximate surface area is 166 Å². The maximum Gasteiger partial charge on any atom is 0.307 e. The van der Waals surface area contributed by atoms with Crippen molar-refractivity contribution in [3.05, 3.63) is 39.9 Å². The van der Waals surface area contributed by atoms with E-state index in [0.717, 1.165) is 13.0 Å². The monoisotopic (exact) mass is 452 g/mol. The summed E-state index contributed by atoms with van der Waals surface area (Å²) in [7, 11) is -8.67. The number of nitro benzene ring substituents is 1. The predicted molar refractivity (Wildman–Crippen MR) is 101 cm³/mol. The van der Waals surface area contributed by atoms with Crippen molar-refractivity contribution in [2.45, 2.75) is 31.3 Å². The predicted octanol–water partition coefficient (Wildman–Crippen LogP) is 1.20. The summed E-state index contributed by atoms with van der Waals surface area (Å²) >= 11 is 0. The van der Waals surface area contributed by atoms with E-state index in [2.05, 4.69) is 0 Å². The van der Waals surface area contributed by atoms with Crippen molar-refractivity contribution in [3.63, 3.8) is 0 Å². The largest absolute Gasteiger partial charge is 0.481 e. The van der Waals surface area contributed by atoms with Crippen molar-refractivity contribution in [2.75, 3.05) is 6.16 Å². The van der Waals surface area contributed by atoms with Gasteiger partial charge in [0.2, 0.25) is 17.4 Å². The minimum atomic E-state index is -4.38. The molecule has 14 heteroatoms. The summed E-state index contributed by atoms with van der Waals surface area (Å²) in [5.41, 5.74) is -0.563. The molecular formula is C15H21N2O10PS. The van der Waals surface area contributed by atoms with Crippen LogP contribution in [-0.4, -0.2) is 52.3 Å². The first-order chi connectivity index (χ1) is 13.2. The van der Waals surface area contributed by atoms with Crippen molar-refractivity contribution in [1.29, 1.82) is 0 Å². The molecule has 162 valence electrons. The van der Waals surface area contributed by atoms with E-state index < -0.39 is 76.4 Å². The van der Waals surface area contributed by atoms with E-state index in [1.165, 1.54) is 18.2 Å². The summed E-state index contributed by atoms with van der Waals surface area (Å²) in [6.45, 7) is 1.06. The van der Waals surface area contributed by atoms with Crippen molar-refractivity contribution < 1.29 is 42.6 Å². The Balaban J connectivity index is 2.92. The molecule has 0 radical (unpaired) electrons.